The van der Waals surface area contributed by atoms with E-state index in [1.165, 1.54) is 0 Å². The average Bonchev–Trinajstić information content (AvgIpc) is 3.27. The summed E-state index contributed by atoms with van der Waals surface area (Å²) in [5.74, 6) is 0.0645. The molecule has 0 spiro atoms. The predicted molar refractivity (Wildman–Crippen MR) is 88.7 cm³/mol. The molecule has 124 valence electrons. The highest BCUT2D eigenvalue weighted by Gasteiger charge is 2.30. The molecule has 7 nitrogen and oxygen atoms in total. The Hall–Kier alpha value is -2.70. The number of amides is 1. The quantitative estimate of drug-likeness (QED) is 0.737. The Labute approximate surface area is 139 Å². The van der Waals surface area contributed by atoms with E-state index in [-0.39, 0.29) is 11.9 Å². The van der Waals surface area contributed by atoms with Crippen LogP contribution in [0.1, 0.15) is 34.6 Å². The standard InChI is InChI=1S/C17H20N6O/c1-12-8-13(2)23(20-12)10-15-4-3-7-22(15)17(24)14-5-6-16-19-18-11-21(16)9-14/h5-6,8-9,11,15H,3-4,7,10H2,1-2H3/t15-/m0/s1. The van der Waals surface area contributed by atoms with Crippen LogP contribution in [0.2, 0.25) is 0 Å². The smallest absolute Gasteiger partial charge is 0.255 e. The fourth-order valence-corrected chi connectivity index (χ4v) is 3.47. The molecule has 4 heterocycles. The van der Waals surface area contributed by atoms with Crippen LogP contribution in [0.3, 0.4) is 0 Å². The van der Waals surface area contributed by atoms with E-state index in [4.69, 9.17) is 0 Å². The summed E-state index contributed by atoms with van der Waals surface area (Å²) in [7, 11) is 0. The lowest BCUT2D eigenvalue weighted by molar-refractivity contribution is 0.0720. The fourth-order valence-electron chi connectivity index (χ4n) is 3.47. The zero-order chi connectivity index (χ0) is 16.7. The van der Waals surface area contributed by atoms with Crippen molar-refractivity contribution < 1.29 is 4.79 Å². The number of carbonyl (C=O) groups is 1. The zero-order valence-corrected chi connectivity index (χ0v) is 13.9. The number of carbonyl (C=O) groups excluding carboxylic acids is 1. The molecule has 3 aromatic heterocycles. The number of hydrogen-bond donors (Lipinski definition) is 0. The first-order chi connectivity index (χ1) is 11.6. The molecule has 0 unspecified atom stereocenters. The van der Waals surface area contributed by atoms with Gasteiger partial charge < -0.3 is 4.90 Å². The molecule has 0 saturated carbocycles. The molecule has 1 fully saturated rings. The van der Waals surface area contributed by atoms with Crippen molar-refractivity contribution in [3.8, 4) is 0 Å². The van der Waals surface area contributed by atoms with Crippen LogP contribution < -0.4 is 0 Å². The van der Waals surface area contributed by atoms with E-state index in [2.05, 4.69) is 28.3 Å². The third kappa shape index (κ3) is 2.55. The maximum absolute atomic E-state index is 12.9. The second-order valence-corrected chi connectivity index (χ2v) is 6.42. The van der Waals surface area contributed by atoms with E-state index in [0.717, 1.165) is 43.0 Å². The molecule has 24 heavy (non-hydrogen) atoms. The van der Waals surface area contributed by atoms with Crippen LogP contribution in [0.5, 0.6) is 0 Å². The Balaban J connectivity index is 1.57. The van der Waals surface area contributed by atoms with Gasteiger partial charge in [0.05, 0.1) is 23.8 Å². The number of hydrogen-bond acceptors (Lipinski definition) is 4. The molecule has 1 saturated heterocycles. The second kappa shape index (κ2) is 5.74. The summed E-state index contributed by atoms with van der Waals surface area (Å²) in [6.45, 7) is 5.60. The highest BCUT2D eigenvalue weighted by Crippen LogP contribution is 2.22. The van der Waals surface area contributed by atoms with Crippen molar-refractivity contribution >= 4 is 11.6 Å². The first kappa shape index (κ1) is 14.9. The van der Waals surface area contributed by atoms with E-state index in [1.54, 1.807) is 16.9 Å². The number of aromatic nitrogens is 5. The maximum Gasteiger partial charge on any atom is 0.255 e. The summed E-state index contributed by atoms with van der Waals surface area (Å²) in [4.78, 5) is 14.9. The van der Waals surface area contributed by atoms with E-state index < -0.39 is 0 Å². The molecule has 0 aliphatic carbocycles. The molecular formula is C17H20N6O. The van der Waals surface area contributed by atoms with Gasteiger partial charge in [-0.15, -0.1) is 10.2 Å². The molecule has 1 amide bonds. The first-order valence-electron chi connectivity index (χ1n) is 8.23. The summed E-state index contributed by atoms with van der Waals surface area (Å²) >= 11 is 0. The van der Waals surface area contributed by atoms with Gasteiger partial charge in [0.1, 0.15) is 6.33 Å². The minimum Gasteiger partial charge on any atom is -0.334 e. The van der Waals surface area contributed by atoms with Gasteiger partial charge in [-0.25, -0.2) is 0 Å². The molecule has 0 radical (unpaired) electrons. The number of rotatable bonds is 3. The van der Waals surface area contributed by atoms with Gasteiger partial charge in [-0.3, -0.25) is 13.9 Å². The number of likely N-dealkylation sites (tertiary alicyclic amines) is 1. The van der Waals surface area contributed by atoms with Crippen molar-refractivity contribution in [1.29, 1.82) is 0 Å². The zero-order valence-electron chi connectivity index (χ0n) is 13.9. The molecule has 0 bridgehead atoms. The molecule has 4 rings (SSSR count). The van der Waals surface area contributed by atoms with Gasteiger partial charge in [0, 0.05) is 18.4 Å². The van der Waals surface area contributed by atoms with E-state index in [1.807, 2.05) is 28.6 Å². The number of aryl methyl sites for hydroxylation is 2. The lowest BCUT2D eigenvalue weighted by Crippen LogP contribution is -2.38. The minimum absolute atomic E-state index is 0.0645. The minimum atomic E-state index is 0.0645. The van der Waals surface area contributed by atoms with Crippen molar-refractivity contribution in [1.82, 2.24) is 29.3 Å². The van der Waals surface area contributed by atoms with Gasteiger partial charge in [-0.05, 0) is 44.9 Å². The van der Waals surface area contributed by atoms with Crippen molar-refractivity contribution in [3.05, 3.63) is 47.7 Å². The number of pyridine rings is 1. The summed E-state index contributed by atoms with van der Waals surface area (Å²) in [6.07, 6.45) is 5.46. The Morgan fingerprint density at radius 3 is 3.00 bits per heavy atom. The SMILES string of the molecule is Cc1cc(C)n(C[C@@H]2CCCN2C(=O)c2ccc3nncn3c2)n1. The van der Waals surface area contributed by atoms with Gasteiger partial charge in [-0.2, -0.15) is 5.10 Å². The molecule has 7 heteroatoms. The van der Waals surface area contributed by atoms with Crippen LogP contribution in [0, 0.1) is 13.8 Å². The molecule has 0 N–H and O–H groups in total. The Bertz CT molecular complexity index is 896. The fraction of sp³-hybridized carbons (Fsp3) is 0.412. The Morgan fingerprint density at radius 1 is 1.33 bits per heavy atom. The van der Waals surface area contributed by atoms with E-state index >= 15 is 0 Å². The lowest BCUT2D eigenvalue weighted by atomic mass is 10.2. The van der Waals surface area contributed by atoms with Crippen LogP contribution in [0.15, 0.2) is 30.7 Å². The Morgan fingerprint density at radius 2 is 2.21 bits per heavy atom. The summed E-state index contributed by atoms with van der Waals surface area (Å²) in [6, 6.07) is 5.91. The first-order valence-corrected chi connectivity index (χ1v) is 8.23. The summed E-state index contributed by atoms with van der Waals surface area (Å²) < 4.78 is 3.79. The average molecular weight is 324 g/mol. The van der Waals surface area contributed by atoms with Crippen LogP contribution in [0.4, 0.5) is 0 Å². The van der Waals surface area contributed by atoms with Crippen LogP contribution in [-0.4, -0.2) is 47.8 Å². The van der Waals surface area contributed by atoms with Crippen molar-refractivity contribution in [2.24, 2.45) is 0 Å². The van der Waals surface area contributed by atoms with Crippen LogP contribution >= 0.6 is 0 Å². The second-order valence-electron chi connectivity index (χ2n) is 6.42. The monoisotopic (exact) mass is 324 g/mol. The topological polar surface area (TPSA) is 68.3 Å². The van der Waals surface area contributed by atoms with E-state index in [0.29, 0.717) is 5.56 Å². The van der Waals surface area contributed by atoms with Crippen LogP contribution in [-0.2, 0) is 6.54 Å². The third-order valence-corrected chi connectivity index (χ3v) is 4.66. The maximum atomic E-state index is 12.9. The van der Waals surface area contributed by atoms with Crippen molar-refractivity contribution in [3.63, 3.8) is 0 Å². The summed E-state index contributed by atoms with van der Waals surface area (Å²) in [5.41, 5.74) is 3.56. The third-order valence-electron chi connectivity index (χ3n) is 4.66. The summed E-state index contributed by atoms with van der Waals surface area (Å²) in [5, 5.41) is 12.4. The largest absolute Gasteiger partial charge is 0.334 e. The molecule has 3 aromatic rings. The van der Waals surface area contributed by atoms with Gasteiger partial charge in [-0.1, -0.05) is 0 Å². The van der Waals surface area contributed by atoms with Gasteiger partial charge >= 0.3 is 0 Å². The molecular weight excluding hydrogens is 304 g/mol. The lowest BCUT2D eigenvalue weighted by Gasteiger charge is -2.25. The van der Waals surface area contributed by atoms with Crippen molar-refractivity contribution in [2.45, 2.75) is 39.3 Å². The molecule has 1 aliphatic heterocycles. The van der Waals surface area contributed by atoms with Gasteiger partial charge in [0.25, 0.3) is 5.91 Å². The highest BCUT2D eigenvalue weighted by atomic mass is 16.2. The van der Waals surface area contributed by atoms with Crippen molar-refractivity contribution in [2.75, 3.05) is 6.54 Å². The number of nitrogens with zero attached hydrogens (tertiary/aromatic N) is 6. The highest BCUT2D eigenvalue weighted by molar-refractivity contribution is 5.94. The Kier molecular flexibility index (Phi) is 3.55. The van der Waals surface area contributed by atoms with E-state index in [9.17, 15) is 4.79 Å². The normalized spacial score (nSPS) is 17.8. The predicted octanol–water partition coefficient (Wildman–Crippen LogP) is 1.85. The van der Waals surface area contributed by atoms with Gasteiger partial charge in [0.2, 0.25) is 0 Å². The van der Waals surface area contributed by atoms with Gasteiger partial charge in [0.15, 0.2) is 5.65 Å². The number of fused-ring (bicyclic) bond motifs is 1. The molecule has 1 atom stereocenters. The molecule has 1 aliphatic rings. The molecule has 0 aromatic carbocycles. The van der Waals surface area contributed by atoms with Crippen LogP contribution in [0.25, 0.3) is 5.65 Å².